The quantitative estimate of drug-likeness (QED) is 0.875. The van der Waals surface area contributed by atoms with Crippen LogP contribution in [-0.4, -0.2) is 23.0 Å². The van der Waals surface area contributed by atoms with E-state index in [1.165, 1.54) is 18.4 Å². The lowest BCUT2D eigenvalue weighted by Gasteiger charge is -2.21. The summed E-state index contributed by atoms with van der Waals surface area (Å²) in [5, 5.41) is 7.50. The highest BCUT2D eigenvalue weighted by Crippen LogP contribution is 2.30. The van der Waals surface area contributed by atoms with Gasteiger partial charge < -0.3 is 5.32 Å². The summed E-state index contributed by atoms with van der Waals surface area (Å²) in [7, 11) is 1.91. The van der Waals surface area contributed by atoms with Crippen molar-refractivity contribution in [3.8, 4) is 0 Å². The molecule has 100 valence electrons. The number of rotatable bonds is 6. The third-order valence-electron chi connectivity index (χ3n) is 3.46. The molecule has 1 aliphatic rings. The molecule has 1 saturated carbocycles. The van der Waals surface area contributed by atoms with Gasteiger partial charge in [0.25, 0.3) is 0 Å². The molecule has 0 bridgehead atoms. The van der Waals surface area contributed by atoms with Gasteiger partial charge in [-0.3, -0.25) is 4.90 Å². The second kappa shape index (κ2) is 5.72. The summed E-state index contributed by atoms with van der Waals surface area (Å²) in [4.78, 5) is 7.17. The van der Waals surface area contributed by atoms with Crippen LogP contribution in [0.25, 0.3) is 0 Å². The molecule has 0 atom stereocenters. The molecular weight excluding hydrogens is 254 g/mol. The molecule has 0 amide bonds. The van der Waals surface area contributed by atoms with E-state index in [1.54, 1.807) is 11.3 Å². The van der Waals surface area contributed by atoms with E-state index in [4.69, 9.17) is 0 Å². The van der Waals surface area contributed by atoms with Crippen LogP contribution in [-0.2, 0) is 13.1 Å². The molecule has 2 heterocycles. The van der Waals surface area contributed by atoms with Gasteiger partial charge in [-0.15, -0.1) is 0 Å². The Hall–Kier alpha value is -1.39. The minimum Gasteiger partial charge on any atom is -0.373 e. The van der Waals surface area contributed by atoms with E-state index in [2.05, 4.69) is 44.2 Å². The summed E-state index contributed by atoms with van der Waals surface area (Å²) in [5.41, 5.74) is 2.57. The standard InChI is InChI=1S/C15H19N3S/c1-16-15-4-2-3-13(17-15)10-18(14-5-6-14)9-12-7-8-19-11-12/h2-4,7-8,11,14H,5-6,9-10H2,1H3,(H,16,17). The minimum atomic E-state index is 0.750. The van der Waals surface area contributed by atoms with Gasteiger partial charge in [0.05, 0.1) is 5.69 Å². The first-order valence-corrected chi connectivity index (χ1v) is 7.68. The lowest BCUT2D eigenvalue weighted by Crippen LogP contribution is -2.25. The molecule has 0 aliphatic heterocycles. The summed E-state index contributed by atoms with van der Waals surface area (Å²) < 4.78 is 0. The van der Waals surface area contributed by atoms with Crippen LogP contribution in [0, 0.1) is 0 Å². The Morgan fingerprint density at radius 1 is 1.32 bits per heavy atom. The fraction of sp³-hybridized carbons (Fsp3) is 0.400. The fourth-order valence-corrected chi connectivity index (χ4v) is 2.95. The normalized spacial score (nSPS) is 14.8. The first-order chi connectivity index (χ1) is 9.35. The highest BCUT2D eigenvalue weighted by atomic mass is 32.1. The number of anilines is 1. The van der Waals surface area contributed by atoms with Crippen LogP contribution in [0.1, 0.15) is 24.1 Å². The van der Waals surface area contributed by atoms with Crippen molar-refractivity contribution >= 4 is 17.2 Å². The van der Waals surface area contributed by atoms with Crippen molar-refractivity contribution in [3.63, 3.8) is 0 Å². The second-order valence-corrected chi connectivity index (χ2v) is 5.81. The molecule has 0 radical (unpaired) electrons. The van der Waals surface area contributed by atoms with Crippen LogP contribution in [0.15, 0.2) is 35.0 Å². The second-order valence-electron chi connectivity index (χ2n) is 5.03. The molecular formula is C15H19N3S. The summed E-state index contributed by atoms with van der Waals surface area (Å²) in [5.74, 6) is 0.948. The Morgan fingerprint density at radius 2 is 2.21 bits per heavy atom. The molecule has 3 nitrogen and oxygen atoms in total. The van der Waals surface area contributed by atoms with E-state index in [1.807, 2.05) is 13.1 Å². The van der Waals surface area contributed by atoms with Gasteiger partial charge in [0.1, 0.15) is 5.82 Å². The maximum Gasteiger partial charge on any atom is 0.126 e. The number of hydrogen-bond acceptors (Lipinski definition) is 4. The van der Waals surface area contributed by atoms with Crippen molar-refractivity contribution in [3.05, 3.63) is 46.3 Å². The van der Waals surface area contributed by atoms with Gasteiger partial charge in [-0.2, -0.15) is 11.3 Å². The number of aromatic nitrogens is 1. The Morgan fingerprint density at radius 3 is 2.89 bits per heavy atom. The van der Waals surface area contributed by atoms with Gasteiger partial charge >= 0.3 is 0 Å². The van der Waals surface area contributed by atoms with Crippen molar-refractivity contribution in [2.24, 2.45) is 0 Å². The molecule has 1 N–H and O–H groups in total. The highest BCUT2D eigenvalue weighted by molar-refractivity contribution is 7.07. The number of hydrogen-bond donors (Lipinski definition) is 1. The van der Waals surface area contributed by atoms with Gasteiger partial charge in [-0.25, -0.2) is 4.98 Å². The van der Waals surface area contributed by atoms with Crippen molar-refractivity contribution in [2.75, 3.05) is 12.4 Å². The maximum absolute atomic E-state index is 4.62. The zero-order valence-electron chi connectivity index (χ0n) is 11.2. The first kappa shape index (κ1) is 12.6. The Kier molecular flexibility index (Phi) is 3.80. The number of pyridine rings is 1. The molecule has 0 saturated heterocycles. The van der Waals surface area contributed by atoms with Gasteiger partial charge in [0.2, 0.25) is 0 Å². The molecule has 19 heavy (non-hydrogen) atoms. The average Bonchev–Trinajstić information content (AvgIpc) is 3.17. The van der Waals surface area contributed by atoms with E-state index in [0.717, 1.165) is 30.6 Å². The van der Waals surface area contributed by atoms with E-state index in [-0.39, 0.29) is 0 Å². The number of thiophene rings is 1. The smallest absolute Gasteiger partial charge is 0.126 e. The van der Waals surface area contributed by atoms with Crippen LogP contribution in [0.3, 0.4) is 0 Å². The molecule has 1 aliphatic carbocycles. The van der Waals surface area contributed by atoms with E-state index in [0.29, 0.717) is 0 Å². The molecule has 1 fully saturated rings. The van der Waals surface area contributed by atoms with Crippen molar-refractivity contribution in [2.45, 2.75) is 32.0 Å². The molecule has 0 aromatic carbocycles. The summed E-state index contributed by atoms with van der Waals surface area (Å²) in [6.45, 7) is 1.98. The minimum absolute atomic E-state index is 0.750. The Bertz CT molecular complexity index is 520. The van der Waals surface area contributed by atoms with Crippen LogP contribution in [0.4, 0.5) is 5.82 Å². The fourth-order valence-electron chi connectivity index (χ4n) is 2.29. The Labute approximate surface area is 118 Å². The molecule has 4 heteroatoms. The summed E-state index contributed by atoms with van der Waals surface area (Å²) in [6, 6.07) is 9.16. The van der Waals surface area contributed by atoms with Crippen LogP contribution in [0.2, 0.25) is 0 Å². The van der Waals surface area contributed by atoms with Gasteiger partial charge in [0.15, 0.2) is 0 Å². The van der Waals surface area contributed by atoms with E-state index < -0.39 is 0 Å². The Balaban J connectivity index is 1.70. The lowest BCUT2D eigenvalue weighted by molar-refractivity contribution is 0.243. The topological polar surface area (TPSA) is 28.2 Å². The van der Waals surface area contributed by atoms with Crippen molar-refractivity contribution in [1.82, 2.24) is 9.88 Å². The molecule has 0 spiro atoms. The largest absolute Gasteiger partial charge is 0.373 e. The highest BCUT2D eigenvalue weighted by Gasteiger charge is 2.29. The number of nitrogens with one attached hydrogen (secondary N) is 1. The van der Waals surface area contributed by atoms with Crippen molar-refractivity contribution in [1.29, 1.82) is 0 Å². The molecule has 0 unspecified atom stereocenters. The van der Waals surface area contributed by atoms with Gasteiger partial charge in [0, 0.05) is 26.2 Å². The first-order valence-electron chi connectivity index (χ1n) is 6.74. The zero-order valence-corrected chi connectivity index (χ0v) is 12.0. The van der Waals surface area contributed by atoms with Crippen LogP contribution >= 0.6 is 11.3 Å². The van der Waals surface area contributed by atoms with Gasteiger partial charge in [-0.1, -0.05) is 6.07 Å². The third kappa shape index (κ3) is 3.33. The third-order valence-corrected chi connectivity index (χ3v) is 4.19. The lowest BCUT2D eigenvalue weighted by atomic mass is 10.2. The molecule has 3 rings (SSSR count). The summed E-state index contributed by atoms with van der Waals surface area (Å²) in [6.07, 6.45) is 2.66. The molecule has 2 aromatic heterocycles. The average molecular weight is 273 g/mol. The number of nitrogens with zero attached hydrogens (tertiary/aromatic N) is 2. The zero-order chi connectivity index (χ0) is 13.1. The van der Waals surface area contributed by atoms with E-state index >= 15 is 0 Å². The SMILES string of the molecule is CNc1cccc(CN(Cc2ccsc2)C2CC2)n1. The van der Waals surface area contributed by atoms with Crippen molar-refractivity contribution < 1.29 is 0 Å². The van der Waals surface area contributed by atoms with E-state index in [9.17, 15) is 0 Å². The maximum atomic E-state index is 4.62. The van der Waals surface area contributed by atoms with Crippen LogP contribution < -0.4 is 5.32 Å². The molecule has 2 aromatic rings. The van der Waals surface area contributed by atoms with Gasteiger partial charge in [-0.05, 0) is 47.4 Å². The summed E-state index contributed by atoms with van der Waals surface area (Å²) >= 11 is 1.77. The predicted octanol–water partition coefficient (Wildman–Crippen LogP) is 3.35. The van der Waals surface area contributed by atoms with Crippen LogP contribution in [0.5, 0.6) is 0 Å². The monoisotopic (exact) mass is 273 g/mol. The predicted molar refractivity (Wildman–Crippen MR) is 80.4 cm³/mol.